The Labute approximate surface area is 135 Å². The summed E-state index contributed by atoms with van der Waals surface area (Å²) >= 11 is 5.14. The molecule has 0 unspecified atom stereocenters. The lowest BCUT2D eigenvalue weighted by atomic mass is 10.2. The molecule has 3 rings (SSSR count). The average Bonchev–Trinajstić information content (AvgIpc) is 3.01. The lowest BCUT2D eigenvalue weighted by Gasteiger charge is -2.05. The van der Waals surface area contributed by atoms with E-state index in [9.17, 15) is 10.1 Å². The Balaban J connectivity index is 1.63. The quantitative estimate of drug-likeness (QED) is 0.637. The second-order valence-corrected chi connectivity index (χ2v) is 7.29. The highest BCUT2D eigenvalue weighted by Gasteiger charge is 2.16. The van der Waals surface area contributed by atoms with Gasteiger partial charge in [0, 0.05) is 38.9 Å². The van der Waals surface area contributed by atoms with Crippen molar-refractivity contribution >= 4 is 33.0 Å². The molecule has 0 bridgehead atoms. The van der Waals surface area contributed by atoms with E-state index in [4.69, 9.17) is 0 Å². The van der Waals surface area contributed by atoms with Crippen molar-refractivity contribution in [1.82, 2.24) is 5.32 Å². The summed E-state index contributed by atoms with van der Waals surface area (Å²) in [6, 6.07) is 7.46. The summed E-state index contributed by atoms with van der Waals surface area (Å²) < 4.78 is 0.729. The molecule has 0 fully saturated rings. The molecule has 1 heterocycles. The first-order valence-corrected chi connectivity index (χ1v) is 8.48. The van der Waals surface area contributed by atoms with Crippen molar-refractivity contribution in [3.05, 3.63) is 59.7 Å². The van der Waals surface area contributed by atoms with Crippen molar-refractivity contribution in [3.63, 3.8) is 0 Å². The fraction of sp³-hybridized carbons (Fsp3) is 0.333. The van der Waals surface area contributed by atoms with Gasteiger partial charge in [-0.05, 0) is 43.0 Å². The molecule has 21 heavy (non-hydrogen) atoms. The van der Waals surface area contributed by atoms with Gasteiger partial charge in [0.1, 0.15) is 0 Å². The highest BCUT2D eigenvalue weighted by Crippen LogP contribution is 2.30. The van der Waals surface area contributed by atoms with Crippen LogP contribution in [0.5, 0.6) is 0 Å². The first kappa shape index (κ1) is 14.7. The zero-order valence-electron chi connectivity index (χ0n) is 11.4. The number of hydrogen-bond donors (Lipinski definition) is 1. The fourth-order valence-electron chi connectivity index (χ4n) is 2.65. The summed E-state index contributed by atoms with van der Waals surface area (Å²) in [5.74, 6) is 0. The minimum Gasteiger partial charge on any atom is -0.308 e. The van der Waals surface area contributed by atoms with Crippen molar-refractivity contribution in [1.29, 1.82) is 0 Å². The molecular weight excluding hydrogens is 352 g/mol. The number of nitrogens with one attached hydrogen (secondary N) is 1. The summed E-state index contributed by atoms with van der Waals surface area (Å²) in [7, 11) is 0. The molecule has 1 N–H and O–H groups in total. The smallest absolute Gasteiger partial charge is 0.275 e. The van der Waals surface area contributed by atoms with E-state index in [0.29, 0.717) is 12.1 Å². The number of benzene rings is 1. The van der Waals surface area contributed by atoms with Gasteiger partial charge in [-0.15, -0.1) is 11.3 Å². The van der Waals surface area contributed by atoms with Crippen LogP contribution >= 0.6 is 27.3 Å². The first-order chi connectivity index (χ1) is 10.1. The Morgan fingerprint density at radius 2 is 2.14 bits per heavy atom. The molecule has 0 aliphatic heterocycles. The second-order valence-electron chi connectivity index (χ2n) is 5.15. The number of aryl methyl sites for hydroxylation is 2. The van der Waals surface area contributed by atoms with Crippen LogP contribution in [0.2, 0.25) is 0 Å². The molecule has 0 atom stereocenters. The van der Waals surface area contributed by atoms with Crippen molar-refractivity contribution < 1.29 is 4.92 Å². The standard InChI is InChI=1S/C15H15BrN2O2S/c16-12-5-4-11(14(7-12)18(19)20)8-17-9-13-6-10-2-1-3-15(10)21-13/h4-7,17H,1-3,8-9H2. The minimum atomic E-state index is -0.332. The van der Waals surface area contributed by atoms with Gasteiger partial charge < -0.3 is 5.32 Å². The van der Waals surface area contributed by atoms with E-state index in [-0.39, 0.29) is 10.6 Å². The van der Waals surface area contributed by atoms with Crippen LogP contribution in [0.1, 0.15) is 27.3 Å². The van der Waals surface area contributed by atoms with Gasteiger partial charge >= 0.3 is 0 Å². The minimum absolute atomic E-state index is 0.158. The molecule has 0 spiro atoms. The molecule has 1 aromatic carbocycles. The van der Waals surface area contributed by atoms with Gasteiger partial charge in [-0.1, -0.05) is 15.9 Å². The molecule has 0 amide bonds. The molecule has 4 nitrogen and oxygen atoms in total. The average molecular weight is 367 g/mol. The summed E-state index contributed by atoms with van der Waals surface area (Å²) in [4.78, 5) is 13.6. The third kappa shape index (κ3) is 3.33. The van der Waals surface area contributed by atoms with E-state index >= 15 is 0 Å². The monoisotopic (exact) mass is 366 g/mol. The number of hydrogen-bond acceptors (Lipinski definition) is 4. The van der Waals surface area contributed by atoms with Crippen LogP contribution in [0.15, 0.2) is 28.7 Å². The largest absolute Gasteiger partial charge is 0.308 e. The van der Waals surface area contributed by atoms with E-state index < -0.39 is 0 Å². The summed E-state index contributed by atoms with van der Waals surface area (Å²) in [5.41, 5.74) is 2.37. The maximum atomic E-state index is 11.1. The molecule has 1 aliphatic carbocycles. The molecule has 1 aromatic heterocycles. The van der Waals surface area contributed by atoms with Crippen LogP contribution in [0.3, 0.4) is 0 Å². The second kappa shape index (κ2) is 6.25. The zero-order valence-corrected chi connectivity index (χ0v) is 13.8. The number of nitro groups is 1. The zero-order chi connectivity index (χ0) is 14.8. The van der Waals surface area contributed by atoms with Crippen LogP contribution in [0.25, 0.3) is 0 Å². The van der Waals surface area contributed by atoms with Gasteiger partial charge in [-0.3, -0.25) is 10.1 Å². The molecule has 0 radical (unpaired) electrons. The maximum Gasteiger partial charge on any atom is 0.275 e. The molecule has 6 heteroatoms. The van der Waals surface area contributed by atoms with Crippen LogP contribution in [-0.4, -0.2) is 4.92 Å². The van der Waals surface area contributed by atoms with Crippen molar-refractivity contribution in [2.75, 3.05) is 0 Å². The Bertz CT molecular complexity index is 663. The fourth-order valence-corrected chi connectivity index (χ4v) is 4.23. The normalized spacial score (nSPS) is 13.4. The SMILES string of the molecule is O=[N+]([O-])c1cc(Br)ccc1CNCc1cc2c(s1)CCC2. The predicted molar refractivity (Wildman–Crippen MR) is 87.7 cm³/mol. The summed E-state index contributed by atoms with van der Waals surface area (Å²) in [6.45, 7) is 1.27. The Morgan fingerprint density at radius 3 is 2.90 bits per heavy atom. The van der Waals surface area contributed by atoms with Crippen LogP contribution in [0, 0.1) is 10.1 Å². The third-order valence-corrected chi connectivity index (χ3v) is 5.39. The first-order valence-electron chi connectivity index (χ1n) is 6.87. The Hall–Kier alpha value is -1.24. The topological polar surface area (TPSA) is 55.2 Å². The van der Waals surface area contributed by atoms with E-state index in [0.717, 1.165) is 11.0 Å². The van der Waals surface area contributed by atoms with Crippen molar-refractivity contribution in [2.24, 2.45) is 0 Å². The van der Waals surface area contributed by atoms with Crippen LogP contribution < -0.4 is 5.32 Å². The van der Waals surface area contributed by atoms with Gasteiger partial charge in [0.15, 0.2) is 0 Å². The van der Waals surface area contributed by atoms with Gasteiger partial charge in [-0.25, -0.2) is 0 Å². The molecule has 2 aromatic rings. The van der Waals surface area contributed by atoms with Gasteiger partial charge in [0.25, 0.3) is 5.69 Å². The van der Waals surface area contributed by atoms with Gasteiger partial charge in [0.2, 0.25) is 0 Å². The third-order valence-electron chi connectivity index (χ3n) is 3.66. The summed E-state index contributed by atoms with van der Waals surface area (Å²) in [6.07, 6.45) is 3.68. The highest BCUT2D eigenvalue weighted by molar-refractivity contribution is 9.10. The lowest BCUT2D eigenvalue weighted by molar-refractivity contribution is -0.385. The highest BCUT2D eigenvalue weighted by atomic mass is 79.9. The van der Waals surface area contributed by atoms with Gasteiger partial charge in [0.05, 0.1) is 4.92 Å². The van der Waals surface area contributed by atoms with Crippen molar-refractivity contribution in [2.45, 2.75) is 32.4 Å². The number of rotatable bonds is 5. The molecule has 0 saturated carbocycles. The van der Waals surface area contributed by atoms with Crippen LogP contribution in [-0.2, 0) is 25.9 Å². The molecule has 1 aliphatic rings. The number of fused-ring (bicyclic) bond motifs is 1. The molecule has 0 saturated heterocycles. The van der Waals surface area contributed by atoms with E-state index in [2.05, 4.69) is 27.3 Å². The van der Waals surface area contributed by atoms with Gasteiger partial charge in [-0.2, -0.15) is 0 Å². The molecular formula is C15H15BrN2O2S. The van der Waals surface area contributed by atoms with E-state index in [1.807, 2.05) is 17.4 Å². The van der Waals surface area contributed by atoms with E-state index in [1.54, 1.807) is 12.1 Å². The number of nitrogens with zero attached hydrogens (tertiary/aromatic N) is 1. The Morgan fingerprint density at radius 1 is 1.29 bits per heavy atom. The number of nitro benzene ring substituents is 1. The number of thiophene rings is 1. The lowest BCUT2D eigenvalue weighted by Crippen LogP contribution is -2.13. The Kier molecular flexibility index (Phi) is 4.37. The van der Waals surface area contributed by atoms with Crippen LogP contribution in [0.4, 0.5) is 5.69 Å². The van der Waals surface area contributed by atoms with E-state index in [1.165, 1.54) is 34.6 Å². The molecule has 110 valence electrons. The number of halogens is 1. The van der Waals surface area contributed by atoms with Crippen molar-refractivity contribution in [3.8, 4) is 0 Å². The predicted octanol–water partition coefficient (Wildman–Crippen LogP) is 4.20. The maximum absolute atomic E-state index is 11.1. The summed E-state index contributed by atoms with van der Waals surface area (Å²) in [5, 5.41) is 14.4.